The average molecular weight is 423 g/mol. The van der Waals surface area contributed by atoms with E-state index in [4.69, 9.17) is 0 Å². The molecule has 0 aromatic heterocycles. The van der Waals surface area contributed by atoms with Crippen molar-refractivity contribution in [1.29, 1.82) is 0 Å². The first kappa shape index (κ1) is 21.8. The molecular formula is C25H34N4O2. The first-order chi connectivity index (χ1) is 15.1. The van der Waals surface area contributed by atoms with Crippen molar-refractivity contribution >= 4 is 22.6 Å². The van der Waals surface area contributed by atoms with E-state index in [-0.39, 0.29) is 17.9 Å². The highest BCUT2D eigenvalue weighted by Crippen LogP contribution is 2.20. The van der Waals surface area contributed by atoms with Crippen molar-refractivity contribution in [3.05, 3.63) is 48.0 Å². The highest BCUT2D eigenvalue weighted by atomic mass is 16.2. The molecule has 166 valence electrons. The van der Waals surface area contributed by atoms with Crippen LogP contribution < -0.4 is 5.32 Å². The first-order valence-corrected chi connectivity index (χ1v) is 11.6. The number of nitrogens with zero attached hydrogens (tertiary/aromatic N) is 3. The zero-order valence-electron chi connectivity index (χ0n) is 18.6. The Morgan fingerprint density at radius 3 is 2.19 bits per heavy atom. The summed E-state index contributed by atoms with van der Waals surface area (Å²) < 4.78 is 0. The van der Waals surface area contributed by atoms with Gasteiger partial charge in [-0.1, -0.05) is 36.4 Å². The first-order valence-electron chi connectivity index (χ1n) is 11.6. The SMILES string of the molecule is CC(NC(=O)CN1CCN(CC(=O)N2CCCCC2)CC1)c1ccc2ccccc2c1. The Balaban J connectivity index is 1.21. The van der Waals surface area contributed by atoms with E-state index in [0.717, 1.165) is 57.7 Å². The van der Waals surface area contributed by atoms with Gasteiger partial charge >= 0.3 is 0 Å². The van der Waals surface area contributed by atoms with Crippen LogP contribution in [0.4, 0.5) is 0 Å². The van der Waals surface area contributed by atoms with Gasteiger partial charge in [0.2, 0.25) is 11.8 Å². The molecule has 0 bridgehead atoms. The van der Waals surface area contributed by atoms with E-state index in [1.165, 1.54) is 17.2 Å². The number of hydrogen-bond donors (Lipinski definition) is 1. The summed E-state index contributed by atoms with van der Waals surface area (Å²) in [5.41, 5.74) is 1.12. The van der Waals surface area contributed by atoms with Crippen LogP contribution >= 0.6 is 0 Å². The quantitative estimate of drug-likeness (QED) is 0.778. The summed E-state index contributed by atoms with van der Waals surface area (Å²) in [5, 5.41) is 5.54. The lowest BCUT2D eigenvalue weighted by atomic mass is 10.0. The number of carbonyl (C=O) groups is 2. The average Bonchev–Trinajstić information content (AvgIpc) is 2.80. The van der Waals surface area contributed by atoms with Crippen molar-refractivity contribution in [1.82, 2.24) is 20.0 Å². The van der Waals surface area contributed by atoms with Crippen LogP contribution in [-0.2, 0) is 9.59 Å². The maximum atomic E-state index is 12.6. The second-order valence-electron chi connectivity index (χ2n) is 8.89. The molecule has 1 N–H and O–H groups in total. The van der Waals surface area contributed by atoms with Gasteiger partial charge in [0.05, 0.1) is 19.1 Å². The van der Waals surface area contributed by atoms with Crippen molar-refractivity contribution in [2.24, 2.45) is 0 Å². The van der Waals surface area contributed by atoms with Crippen LogP contribution in [0.3, 0.4) is 0 Å². The lowest BCUT2D eigenvalue weighted by Gasteiger charge is -2.35. The second-order valence-corrected chi connectivity index (χ2v) is 8.89. The monoisotopic (exact) mass is 422 g/mol. The van der Waals surface area contributed by atoms with Gasteiger partial charge in [-0.15, -0.1) is 0 Å². The van der Waals surface area contributed by atoms with E-state index >= 15 is 0 Å². The number of benzene rings is 2. The number of fused-ring (bicyclic) bond motifs is 1. The Morgan fingerprint density at radius 2 is 1.48 bits per heavy atom. The lowest BCUT2D eigenvalue weighted by Crippen LogP contribution is -2.52. The van der Waals surface area contributed by atoms with Crippen LogP contribution in [-0.4, -0.2) is 78.9 Å². The topological polar surface area (TPSA) is 55.9 Å². The molecule has 4 rings (SSSR count). The van der Waals surface area contributed by atoms with E-state index < -0.39 is 0 Å². The largest absolute Gasteiger partial charge is 0.348 e. The van der Waals surface area contributed by atoms with Crippen molar-refractivity contribution in [3.8, 4) is 0 Å². The van der Waals surface area contributed by atoms with Crippen molar-refractivity contribution in [2.45, 2.75) is 32.2 Å². The molecule has 2 fully saturated rings. The van der Waals surface area contributed by atoms with E-state index in [1.807, 2.05) is 24.0 Å². The lowest BCUT2D eigenvalue weighted by molar-refractivity contribution is -0.134. The molecule has 2 aliphatic heterocycles. The van der Waals surface area contributed by atoms with Crippen LogP contribution in [0.25, 0.3) is 10.8 Å². The Kier molecular flexibility index (Phi) is 7.20. The highest BCUT2D eigenvalue weighted by molar-refractivity contribution is 5.83. The van der Waals surface area contributed by atoms with Gasteiger partial charge in [-0.05, 0) is 48.6 Å². The molecule has 6 heteroatoms. The number of piperazine rings is 1. The minimum Gasteiger partial charge on any atom is -0.348 e. The molecule has 2 saturated heterocycles. The Labute approximate surface area is 185 Å². The predicted molar refractivity (Wildman–Crippen MR) is 124 cm³/mol. The number of rotatable bonds is 6. The van der Waals surface area contributed by atoms with E-state index in [2.05, 4.69) is 45.4 Å². The van der Waals surface area contributed by atoms with Crippen LogP contribution in [0.15, 0.2) is 42.5 Å². The molecule has 2 aliphatic rings. The summed E-state index contributed by atoms with van der Waals surface area (Å²) >= 11 is 0. The molecule has 6 nitrogen and oxygen atoms in total. The third-order valence-electron chi connectivity index (χ3n) is 6.55. The summed E-state index contributed by atoms with van der Waals surface area (Å²) in [6, 6.07) is 14.6. The van der Waals surface area contributed by atoms with Crippen molar-refractivity contribution in [2.75, 3.05) is 52.4 Å². The van der Waals surface area contributed by atoms with Crippen LogP contribution in [0.2, 0.25) is 0 Å². The summed E-state index contributed by atoms with van der Waals surface area (Å²) in [6.07, 6.45) is 3.50. The Morgan fingerprint density at radius 1 is 0.839 bits per heavy atom. The standard InChI is InChI=1S/C25H34N4O2/c1-20(22-10-9-21-7-3-4-8-23(21)17-22)26-24(30)18-27-13-15-28(16-14-27)19-25(31)29-11-5-2-6-12-29/h3-4,7-10,17,20H,2,5-6,11-16,18-19H2,1H3,(H,26,30). The van der Waals surface area contributed by atoms with Crippen LogP contribution in [0, 0.1) is 0 Å². The van der Waals surface area contributed by atoms with E-state index in [1.54, 1.807) is 0 Å². The summed E-state index contributed by atoms with van der Waals surface area (Å²) in [7, 11) is 0. The molecule has 2 amide bonds. The normalized spacial score (nSPS) is 19.3. The van der Waals surface area contributed by atoms with E-state index in [0.29, 0.717) is 13.1 Å². The Bertz CT molecular complexity index is 901. The molecule has 1 unspecified atom stereocenters. The third-order valence-corrected chi connectivity index (χ3v) is 6.55. The molecule has 1 atom stereocenters. The highest BCUT2D eigenvalue weighted by Gasteiger charge is 2.24. The molecule has 0 radical (unpaired) electrons. The number of carbonyl (C=O) groups excluding carboxylic acids is 2. The molecule has 31 heavy (non-hydrogen) atoms. The fraction of sp³-hybridized carbons (Fsp3) is 0.520. The fourth-order valence-electron chi connectivity index (χ4n) is 4.59. The molecule has 0 aliphatic carbocycles. The predicted octanol–water partition coefficient (Wildman–Crippen LogP) is 2.65. The van der Waals surface area contributed by atoms with Gasteiger partial charge in [-0.25, -0.2) is 0 Å². The molecule has 0 spiro atoms. The van der Waals surface area contributed by atoms with Crippen LogP contribution in [0.5, 0.6) is 0 Å². The number of likely N-dealkylation sites (tertiary alicyclic amines) is 1. The van der Waals surface area contributed by atoms with Gasteiger partial charge in [0.1, 0.15) is 0 Å². The van der Waals surface area contributed by atoms with Crippen molar-refractivity contribution < 1.29 is 9.59 Å². The zero-order chi connectivity index (χ0) is 21.6. The van der Waals surface area contributed by atoms with Crippen molar-refractivity contribution in [3.63, 3.8) is 0 Å². The minimum atomic E-state index is -0.0273. The van der Waals surface area contributed by atoms with Gasteiger partial charge in [-0.2, -0.15) is 0 Å². The maximum absolute atomic E-state index is 12.6. The molecule has 2 heterocycles. The molecule has 2 aromatic rings. The summed E-state index contributed by atoms with van der Waals surface area (Å²) in [4.78, 5) is 31.5. The van der Waals surface area contributed by atoms with Crippen LogP contribution in [0.1, 0.15) is 37.8 Å². The number of amides is 2. The zero-order valence-corrected chi connectivity index (χ0v) is 18.6. The maximum Gasteiger partial charge on any atom is 0.236 e. The minimum absolute atomic E-state index is 0.0273. The number of nitrogens with one attached hydrogen (secondary N) is 1. The fourth-order valence-corrected chi connectivity index (χ4v) is 4.59. The summed E-state index contributed by atoms with van der Waals surface area (Å²) in [6.45, 7) is 8.11. The molecule has 0 saturated carbocycles. The van der Waals surface area contributed by atoms with Gasteiger partial charge in [0, 0.05) is 39.3 Å². The number of piperidine rings is 1. The van der Waals surface area contributed by atoms with E-state index in [9.17, 15) is 9.59 Å². The smallest absolute Gasteiger partial charge is 0.236 e. The molecular weight excluding hydrogens is 388 g/mol. The van der Waals surface area contributed by atoms with Gasteiger partial charge in [-0.3, -0.25) is 19.4 Å². The van der Waals surface area contributed by atoms with Gasteiger partial charge < -0.3 is 10.2 Å². The third kappa shape index (κ3) is 5.83. The molecule has 2 aromatic carbocycles. The Hall–Kier alpha value is -2.44. The van der Waals surface area contributed by atoms with Gasteiger partial charge in [0.15, 0.2) is 0 Å². The van der Waals surface area contributed by atoms with Gasteiger partial charge in [0.25, 0.3) is 0 Å². The number of hydrogen-bond acceptors (Lipinski definition) is 4. The summed E-state index contributed by atoms with van der Waals surface area (Å²) in [5.74, 6) is 0.314. The second kappa shape index (κ2) is 10.2.